The molecule has 0 spiro atoms. The highest BCUT2D eigenvalue weighted by Gasteiger charge is 2.32. The number of aromatic hydroxyl groups is 1. The van der Waals surface area contributed by atoms with Gasteiger partial charge in [0.05, 0.1) is 30.5 Å². The molecule has 1 unspecified atom stereocenters. The van der Waals surface area contributed by atoms with E-state index in [4.69, 9.17) is 0 Å². The van der Waals surface area contributed by atoms with Crippen molar-refractivity contribution in [3.8, 4) is 5.75 Å². The number of phenolic OH excluding ortho intramolecular Hbond substituents is 1. The van der Waals surface area contributed by atoms with E-state index in [1.807, 2.05) is 46.2 Å². The molecule has 0 aliphatic heterocycles. The first kappa shape index (κ1) is 23.0. The van der Waals surface area contributed by atoms with Gasteiger partial charge in [0.25, 0.3) is 0 Å². The fourth-order valence-electron chi connectivity index (χ4n) is 4.61. The molecule has 3 aromatic rings. The van der Waals surface area contributed by atoms with Gasteiger partial charge in [0.15, 0.2) is 0 Å². The van der Waals surface area contributed by atoms with Crippen LogP contribution < -0.4 is 4.90 Å². The van der Waals surface area contributed by atoms with E-state index in [0.717, 1.165) is 53.9 Å². The molecule has 1 N–H and O–H groups in total. The summed E-state index contributed by atoms with van der Waals surface area (Å²) in [7, 11) is 0. The molecular formula is C27H34N4O2. The predicted molar refractivity (Wildman–Crippen MR) is 130 cm³/mol. The van der Waals surface area contributed by atoms with Gasteiger partial charge in [-0.2, -0.15) is 5.10 Å². The number of nitrogens with zero attached hydrogens (tertiary/aromatic N) is 4. The Morgan fingerprint density at radius 3 is 2.70 bits per heavy atom. The highest BCUT2D eigenvalue weighted by molar-refractivity contribution is 5.98. The molecule has 1 amide bonds. The molecule has 1 atom stereocenters. The van der Waals surface area contributed by atoms with Crippen molar-refractivity contribution in [3.63, 3.8) is 0 Å². The number of anilines is 1. The second kappa shape index (κ2) is 9.77. The Morgan fingerprint density at radius 1 is 1.18 bits per heavy atom. The second-order valence-electron chi connectivity index (χ2n) is 9.77. The number of carbonyl (C=O) groups excluding carboxylic acids is 1. The molecule has 2 heterocycles. The molecule has 174 valence electrons. The molecule has 1 aromatic carbocycles. The first-order chi connectivity index (χ1) is 15.8. The van der Waals surface area contributed by atoms with Gasteiger partial charge in [-0.3, -0.25) is 14.5 Å². The molecular weight excluding hydrogens is 412 g/mol. The maximum absolute atomic E-state index is 14.0. The largest absolute Gasteiger partial charge is 0.508 e. The standard InChI is InChI=1S/C27H34N4O2/c1-18(2)15-30-16-20(13-29-30)17-31(21-11-12-25(19(3)4)28-14-21)27(33)24-9-5-8-23-22(24)7-6-10-26(23)32/h6-7,10-14,16,18-19,24,32H,5,8-9,15,17H2,1-4H3. The lowest BCUT2D eigenvalue weighted by atomic mass is 9.81. The van der Waals surface area contributed by atoms with Gasteiger partial charge < -0.3 is 10.0 Å². The minimum Gasteiger partial charge on any atom is -0.508 e. The molecule has 2 aromatic heterocycles. The van der Waals surface area contributed by atoms with E-state index in [9.17, 15) is 9.90 Å². The Morgan fingerprint density at radius 2 is 2.00 bits per heavy atom. The third-order valence-electron chi connectivity index (χ3n) is 6.30. The van der Waals surface area contributed by atoms with E-state index in [2.05, 4.69) is 37.8 Å². The molecule has 6 nitrogen and oxygen atoms in total. The number of aromatic nitrogens is 3. The van der Waals surface area contributed by atoms with Crippen LogP contribution in [0.15, 0.2) is 48.9 Å². The fourth-order valence-corrected chi connectivity index (χ4v) is 4.61. The first-order valence-electron chi connectivity index (χ1n) is 11.9. The van der Waals surface area contributed by atoms with E-state index in [1.54, 1.807) is 12.3 Å². The normalized spacial score (nSPS) is 15.6. The zero-order chi connectivity index (χ0) is 23.5. The Kier molecular flexibility index (Phi) is 6.82. The first-order valence-corrected chi connectivity index (χ1v) is 11.9. The van der Waals surface area contributed by atoms with Gasteiger partial charge in [-0.25, -0.2) is 0 Å². The molecule has 1 aliphatic carbocycles. The lowest BCUT2D eigenvalue weighted by Crippen LogP contribution is -2.36. The van der Waals surface area contributed by atoms with Crippen LogP contribution in [0.2, 0.25) is 0 Å². The summed E-state index contributed by atoms with van der Waals surface area (Å²) in [5, 5.41) is 14.8. The maximum atomic E-state index is 14.0. The number of carbonyl (C=O) groups is 1. The van der Waals surface area contributed by atoms with Gasteiger partial charge in [-0.05, 0) is 60.4 Å². The summed E-state index contributed by atoms with van der Waals surface area (Å²) in [5.41, 5.74) is 4.62. The molecule has 6 heteroatoms. The van der Waals surface area contributed by atoms with Crippen molar-refractivity contribution in [1.29, 1.82) is 0 Å². The number of fused-ring (bicyclic) bond motifs is 1. The van der Waals surface area contributed by atoms with Crippen molar-refractivity contribution in [2.45, 2.75) is 71.9 Å². The maximum Gasteiger partial charge on any atom is 0.234 e. The number of rotatable bonds is 7. The van der Waals surface area contributed by atoms with Crippen molar-refractivity contribution in [2.75, 3.05) is 4.90 Å². The third kappa shape index (κ3) is 5.10. The molecule has 1 aliphatic rings. The average Bonchev–Trinajstić information content (AvgIpc) is 3.23. The predicted octanol–water partition coefficient (Wildman–Crippen LogP) is 5.42. The molecule has 0 fully saturated rings. The minimum atomic E-state index is -0.281. The fraction of sp³-hybridized carbons (Fsp3) is 0.444. The van der Waals surface area contributed by atoms with Gasteiger partial charge in [-0.1, -0.05) is 39.8 Å². The summed E-state index contributed by atoms with van der Waals surface area (Å²) in [6, 6.07) is 9.52. The van der Waals surface area contributed by atoms with Crippen molar-refractivity contribution >= 4 is 11.6 Å². The average molecular weight is 447 g/mol. The van der Waals surface area contributed by atoms with E-state index < -0.39 is 0 Å². The monoisotopic (exact) mass is 446 g/mol. The van der Waals surface area contributed by atoms with Crippen LogP contribution in [-0.2, 0) is 24.3 Å². The van der Waals surface area contributed by atoms with Gasteiger partial charge in [0, 0.05) is 24.0 Å². The topological polar surface area (TPSA) is 71.2 Å². The number of benzene rings is 1. The quantitative estimate of drug-likeness (QED) is 0.526. The Bertz CT molecular complexity index is 1100. The van der Waals surface area contributed by atoms with Crippen LogP contribution in [0.1, 0.15) is 74.8 Å². The summed E-state index contributed by atoms with van der Waals surface area (Å²) in [4.78, 5) is 20.4. The van der Waals surface area contributed by atoms with Crippen molar-refractivity contribution in [2.24, 2.45) is 5.92 Å². The SMILES string of the molecule is CC(C)Cn1cc(CN(C(=O)C2CCCc3c(O)cccc32)c2ccc(C(C)C)nc2)cn1. The highest BCUT2D eigenvalue weighted by atomic mass is 16.3. The van der Waals surface area contributed by atoms with Crippen LogP contribution in [0.3, 0.4) is 0 Å². The van der Waals surface area contributed by atoms with Gasteiger partial charge in [0.2, 0.25) is 5.91 Å². The zero-order valence-corrected chi connectivity index (χ0v) is 20.0. The highest BCUT2D eigenvalue weighted by Crippen LogP contribution is 2.38. The lowest BCUT2D eigenvalue weighted by Gasteiger charge is -2.31. The summed E-state index contributed by atoms with van der Waals surface area (Å²) in [5.74, 6) is 0.864. The number of amides is 1. The number of hydrogen-bond acceptors (Lipinski definition) is 4. The summed E-state index contributed by atoms with van der Waals surface area (Å²) in [6.07, 6.45) is 8.13. The smallest absolute Gasteiger partial charge is 0.234 e. The third-order valence-corrected chi connectivity index (χ3v) is 6.30. The van der Waals surface area contributed by atoms with Crippen LogP contribution >= 0.6 is 0 Å². The summed E-state index contributed by atoms with van der Waals surface area (Å²) in [6.45, 7) is 9.82. The Balaban J connectivity index is 1.67. The minimum absolute atomic E-state index is 0.0391. The van der Waals surface area contributed by atoms with E-state index in [0.29, 0.717) is 18.4 Å². The van der Waals surface area contributed by atoms with E-state index in [-0.39, 0.29) is 17.6 Å². The van der Waals surface area contributed by atoms with E-state index >= 15 is 0 Å². The number of phenols is 1. The van der Waals surface area contributed by atoms with Crippen LogP contribution in [0.4, 0.5) is 5.69 Å². The molecule has 33 heavy (non-hydrogen) atoms. The molecule has 0 saturated carbocycles. The van der Waals surface area contributed by atoms with Crippen LogP contribution in [0.5, 0.6) is 5.75 Å². The zero-order valence-electron chi connectivity index (χ0n) is 20.0. The number of hydrogen-bond donors (Lipinski definition) is 1. The van der Waals surface area contributed by atoms with Gasteiger partial charge in [0.1, 0.15) is 5.75 Å². The van der Waals surface area contributed by atoms with Crippen LogP contribution in [0, 0.1) is 5.92 Å². The second-order valence-corrected chi connectivity index (χ2v) is 9.77. The molecule has 4 rings (SSSR count). The number of pyridine rings is 1. The van der Waals surface area contributed by atoms with Gasteiger partial charge >= 0.3 is 0 Å². The molecule has 0 bridgehead atoms. The lowest BCUT2D eigenvalue weighted by molar-refractivity contribution is -0.120. The van der Waals surface area contributed by atoms with Crippen LogP contribution in [0.25, 0.3) is 0 Å². The Hall–Kier alpha value is -3.15. The molecule has 0 saturated heterocycles. The summed E-state index contributed by atoms with van der Waals surface area (Å²) < 4.78 is 1.94. The van der Waals surface area contributed by atoms with Crippen molar-refractivity contribution in [3.05, 3.63) is 71.3 Å². The van der Waals surface area contributed by atoms with Crippen LogP contribution in [-0.4, -0.2) is 25.8 Å². The van der Waals surface area contributed by atoms with E-state index in [1.165, 1.54) is 0 Å². The van der Waals surface area contributed by atoms with Crippen molar-refractivity contribution < 1.29 is 9.90 Å². The van der Waals surface area contributed by atoms with Crippen molar-refractivity contribution in [1.82, 2.24) is 14.8 Å². The Labute approximate surface area is 196 Å². The summed E-state index contributed by atoms with van der Waals surface area (Å²) >= 11 is 0. The molecule has 0 radical (unpaired) electrons. The van der Waals surface area contributed by atoms with Gasteiger partial charge in [-0.15, -0.1) is 0 Å².